The van der Waals surface area contributed by atoms with Gasteiger partial charge in [-0.25, -0.2) is 19.3 Å². The Morgan fingerprint density at radius 2 is 2.07 bits per heavy atom. The number of nitrogens with two attached hydrogens (primary N) is 2. The van der Waals surface area contributed by atoms with Crippen molar-refractivity contribution in [3.8, 4) is 21.8 Å². The SMILES string of the molecule is CSc1nccc(-c2sc(N)nc2-c2cc(F)cc(CC(C)(C)C(N)=O)c2Cl)n1. The normalized spacial score (nSPS) is 11.6. The lowest BCUT2D eigenvalue weighted by Crippen LogP contribution is -2.33. The molecule has 0 aliphatic heterocycles. The van der Waals surface area contributed by atoms with E-state index < -0.39 is 17.1 Å². The molecule has 3 rings (SSSR count). The molecule has 0 radical (unpaired) electrons. The molecule has 3 aromatic rings. The quantitative estimate of drug-likeness (QED) is 0.424. The Kier molecular flexibility index (Phi) is 6.11. The number of aromatic nitrogens is 3. The van der Waals surface area contributed by atoms with Crippen LogP contribution in [-0.2, 0) is 11.2 Å². The number of benzene rings is 1. The molecule has 0 unspecified atom stereocenters. The monoisotopic (exact) mass is 451 g/mol. The molecule has 0 saturated heterocycles. The smallest absolute Gasteiger partial charge is 0.223 e. The molecule has 2 aromatic heterocycles. The van der Waals surface area contributed by atoms with Crippen LogP contribution in [0.2, 0.25) is 5.02 Å². The first kappa shape index (κ1) is 21.5. The fourth-order valence-corrected chi connectivity index (χ4v) is 4.21. The molecule has 0 fully saturated rings. The van der Waals surface area contributed by atoms with Gasteiger partial charge in [0.1, 0.15) is 5.82 Å². The Morgan fingerprint density at radius 3 is 2.72 bits per heavy atom. The standard InChI is InChI=1S/C19H19ClFN5OS2/c1-19(2,16(22)27)8-9-6-10(21)7-11(13(9)20)14-15(29-17(23)26-14)12-4-5-24-18(25-12)28-3/h4-7H,8H2,1-3H3,(H2,22,27)(H2,23,26). The van der Waals surface area contributed by atoms with Crippen molar-refractivity contribution < 1.29 is 9.18 Å². The number of hydrogen-bond acceptors (Lipinski definition) is 7. The highest BCUT2D eigenvalue weighted by molar-refractivity contribution is 7.98. The zero-order valence-electron chi connectivity index (χ0n) is 16.0. The van der Waals surface area contributed by atoms with Crippen LogP contribution < -0.4 is 11.5 Å². The third kappa shape index (κ3) is 4.52. The molecule has 0 saturated carbocycles. The van der Waals surface area contributed by atoms with Crippen molar-refractivity contribution in [2.75, 3.05) is 12.0 Å². The molecule has 0 aliphatic rings. The topological polar surface area (TPSA) is 108 Å². The summed E-state index contributed by atoms with van der Waals surface area (Å²) in [4.78, 5) is 25.4. The van der Waals surface area contributed by atoms with Crippen LogP contribution in [0.25, 0.3) is 21.8 Å². The molecule has 4 N–H and O–H groups in total. The second-order valence-electron chi connectivity index (χ2n) is 7.01. The van der Waals surface area contributed by atoms with Gasteiger partial charge in [-0.3, -0.25) is 4.79 Å². The van der Waals surface area contributed by atoms with Gasteiger partial charge in [0, 0.05) is 17.2 Å². The minimum Gasteiger partial charge on any atom is -0.375 e. The van der Waals surface area contributed by atoms with Gasteiger partial charge in [0.05, 0.1) is 21.3 Å². The summed E-state index contributed by atoms with van der Waals surface area (Å²) in [6.45, 7) is 3.38. The average molecular weight is 452 g/mol. The second kappa shape index (κ2) is 8.25. The lowest BCUT2D eigenvalue weighted by molar-refractivity contribution is -0.125. The zero-order valence-corrected chi connectivity index (χ0v) is 18.4. The lowest BCUT2D eigenvalue weighted by atomic mass is 9.84. The average Bonchev–Trinajstić information content (AvgIpc) is 3.05. The Morgan fingerprint density at radius 1 is 1.34 bits per heavy atom. The number of carbonyl (C=O) groups is 1. The van der Waals surface area contributed by atoms with Gasteiger partial charge in [0.15, 0.2) is 10.3 Å². The lowest BCUT2D eigenvalue weighted by Gasteiger charge is -2.21. The van der Waals surface area contributed by atoms with Crippen LogP contribution in [0.3, 0.4) is 0 Å². The van der Waals surface area contributed by atoms with Crippen LogP contribution in [0.1, 0.15) is 19.4 Å². The molecule has 29 heavy (non-hydrogen) atoms. The van der Waals surface area contributed by atoms with Crippen LogP contribution in [0, 0.1) is 11.2 Å². The first-order chi connectivity index (χ1) is 13.6. The molecular weight excluding hydrogens is 433 g/mol. The van der Waals surface area contributed by atoms with Gasteiger partial charge in [-0.1, -0.05) is 48.5 Å². The van der Waals surface area contributed by atoms with Gasteiger partial charge < -0.3 is 11.5 Å². The predicted molar refractivity (Wildman–Crippen MR) is 116 cm³/mol. The number of anilines is 1. The summed E-state index contributed by atoms with van der Waals surface area (Å²) in [5.41, 5.74) is 12.4. The zero-order chi connectivity index (χ0) is 21.3. The van der Waals surface area contributed by atoms with Crippen molar-refractivity contribution in [3.05, 3.63) is 40.8 Å². The highest BCUT2D eigenvalue weighted by Crippen LogP contribution is 2.42. The Hall–Kier alpha value is -2.23. The number of carbonyl (C=O) groups excluding carboxylic acids is 1. The molecule has 10 heteroatoms. The fraction of sp³-hybridized carbons (Fsp3) is 0.263. The molecule has 1 aromatic carbocycles. The van der Waals surface area contributed by atoms with E-state index in [0.717, 1.165) is 0 Å². The van der Waals surface area contributed by atoms with Gasteiger partial charge in [0.25, 0.3) is 0 Å². The summed E-state index contributed by atoms with van der Waals surface area (Å²) in [5, 5.41) is 1.19. The van der Waals surface area contributed by atoms with Crippen molar-refractivity contribution in [1.29, 1.82) is 0 Å². The minimum atomic E-state index is -0.890. The third-order valence-corrected chi connectivity index (χ3v) is 6.27. The van der Waals surface area contributed by atoms with Crippen LogP contribution in [0.4, 0.5) is 9.52 Å². The Balaban J connectivity index is 2.16. The fourth-order valence-electron chi connectivity index (χ4n) is 2.77. The maximum Gasteiger partial charge on any atom is 0.223 e. The predicted octanol–water partition coefficient (Wildman–Crippen LogP) is 4.42. The van der Waals surface area contributed by atoms with E-state index in [2.05, 4.69) is 15.0 Å². The van der Waals surface area contributed by atoms with E-state index in [1.807, 2.05) is 6.26 Å². The van der Waals surface area contributed by atoms with Gasteiger partial charge in [0.2, 0.25) is 5.91 Å². The van der Waals surface area contributed by atoms with Gasteiger partial charge in [-0.15, -0.1) is 0 Å². The largest absolute Gasteiger partial charge is 0.375 e. The molecule has 1 amide bonds. The minimum absolute atomic E-state index is 0.186. The first-order valence-electron chi connectivity index (χ1n) is 8.54. The number of nitrogens with zero attached hydrogens (tertiary/aromatic N) is 3. The maximum atomic E-state index is 14.5. The van der Waals surface area contributed by atoms with Gasteiger partial charge in [-0.05, 0) is 36.4 Å². The van der Waals surface area contributed by atoms with Crippen LogP contribution in [-0.4, -0.2) is 27.1 Å². The second-order valence-corrected chi connectivity index (χ2v) is 9.19. The Labute approximate surface area is 180 Å². The number of hydrogen-bond donors (Lipinski definition) is 2. The number of thiazole rings is 1. The van der Waals surface area contributed by atoms with E-state index in [0.29, 0.717) is 42.7 Å². The van der Waals surface area contributed by atoms with Crippen molar-refractivity contribution in [1.82, 2.24) is 15.0 Å². The van der Waals surface area contributed by atoms with Crippen molar-refractivity contribution in [3.63, 3.8) is 0 Å². The van der Waals surface area contributed by atoms with E-state index in [1.165, 1.54) is 35.2 Å². The number of nitrogen functional groups attached to an aromatic ring is 1. The van der Waals surface area contributed by atoms with Crippen LogP contribution in [0.5, 0.6) is 0 Å². The number of thioether (sulfide) groups is 1. The van der Waals surface area contributed by atoms with Gasteiger partial charge in [-0.2, -0.15) is 0 Å². The summed E-state index contributed by atoms with van der Waals surface area (Å²) >= 11 is 9.26. The number of primary amides is 1. The molecular formula is C19H19ClFN5OS2. The molecule has 152 valence electrons. The van der Waals surface area contributed by atoms with Crippen LogP contribution in [0.15, 0.2) is 29.6 Å². The number of halogens is 2. The van der Waals surface area contributed by atoms with Crippen LogP contribution >= 0.6 is 34.7 Å². The van der Waals surface area contributed by atoms with E-state index in [4.69, 9.17) is 23.1 Å². The van der Waals surface area contributed by atoms with E-state index in [1.54, 1.807) is 26.1 Å². The molecule has 0 spiro atoms. The Bertz CT molecular complexity index is 1090. The maximum absolute atomic E-state index is 14.5. The third-order valence-electron chi connectivity index (χ3n) is 4.36. The summed E-state index contributed by atoms with van der Waals surface area (Å²) in [6.07, 6.45) is 3.70. The summed E-state index contributed by atoms with van der Waals surface area (Å²) in [7, 11) is 0. The summed E-state index contributed by atoms with van der Waals surface area (Å²) in [5.74, 6) is -0.992. The molecule has 0 aliphatic carbocycles. The van der Waals surface area contributed by atoms with E-state index in [9.17, 15) is 9.18 Å². The van der Waals surface area contributed by atoms with Crippen molar-refractivity contribution in [2.24, 2.45) is 11.1 Å². The van der Waals surface area contributed by atoms with Crippen molar-refractivity contribution in [2.45, 2.75) is 25.4 Å². The van der Waals surface area contributed by atoms with Crippen molar-refractivity contribution >= 4 is 45.7 Å². The molecule has 0 bridgehead atoms. The highest BCUT2D eigenvalue weighted by Gasteiger charge is 2.28. The van der Waals surface area contributed by atoms with E-state index >= 15 is 0 Å². The number of amides is 1. The summed E-state index contributed by atoms with van der Waals surface area (Å²) in [6, 6.07) is 4.35. The number of rotatable bonds is 6. The first-order valence-corrected chi connectivity index (χ1v) is 11.0. The van der Waals surface area contributed by atoms with Gasteiger partial charge >= 0.3 is 0 Å². The molecule has 0 atom stereocenters. The molecule has 6 nitrogen and oxygen atoms in total. The van der Waals surface area contributed by atoms with E-state index in [-0.39, 0.29) is 6.42 Å². The molecule has 2 heterocycles. The summed E-state index contributed by atoms with van der Waals surface area (Å²) < 4.78 is 14.5. The highest BCUT2D eigenvalue weighted by atomic mass is 35.5.